The number of aryl methyl sites for hydroxylation is 3. The molecule has 200 valence electrons. The van der Waals surface area contributed by atoms with E-state index < -0.39 is 0 Å². The molecule has 1 aromatic heterocycles. The lowest BCUT2D eigenvalue weighted by Crippen LogP contribution is -1.96. The summed E-state index contributed by atoms with van der Waals surface area (Å²) in [5.74, 6) is 0.659. The van der Waals surface area contributed by atoms with E-state index in [-0.39, 0.29) is 0 Å². The van der Waals surface area contributed by atoms with Crippen LogP contribution in [0, 0.1) is 20.8 Å². The van der Waals surface area contributed by atoms with Crippen LogP contribution in [0.15, 0.2) is 109 Å². The summed E-state index contributed by atoms with van der Waals surface area (Å²) in [5.41, 5.74) is 14.2. The molecule has 0 amide bonds. The summed E-state index contributed by atoms with van der Waals surface area (Å²) in [4.78, 5) is 3.59. The monoisotopic (exact) mass is 521 g/mol. The zero-order valence-electron chi connectivity index (χ0n) is 24.5. The highest BCUT2D eigenvalue weighted by Crippen LogP contribution is 2.42. The Morgan fingerprint density at radius 1 is 0.575 bits per heavy atom. The summed E-state index contributed by atoms with van der Waals surface area (Å²) in [5, 5.41) is 2.56. The van der Waals surface area contributed by atoms with E-state index in [1.54, 1.807) is 0 Å². The molecule has 0 spiro atoms. The van der Waals surface area contributed by atoms with Crippen molar-refractivity contribution in [2.24, 2.45) is 0 Å². The van der Waals surface area contributed by atoms with Crippen LogP contribution in [-0.2, 0) is 0 Å². The van der Waals surface area contributed by atoms with Gasteiger partial charge in [-0.3, -0.25) is 0 Å². The molecule has 0 fully saturated rings. The molecule has 0 aliphatic heterocycles. The number of allylic oxidation sites excluding steroid dienone is 1. The second-order valence-electron chi connectivity index (χ2n) is 11.0. The van der Waals surface area contributed by atoms with Crippen LogP contribution in [0.2, 0.25) is 0 Å². The number of benzene rings is 5. The van der Waals surface area contributed by atoms with Crippen LogP contribution >= 0.6 is 0 Å². The van der Waals surface area contributed by atoms with Gasteiger partial charge in [-0.2, -0.15) is 0 Å². The minimum Gasteiger partial charge on any atom is -0.355 e. The van der Waals surface area contributed by atoms with Gasteiger partial charge in [0.2, 0.25) is 0 Å². The van der Waals surface area contributed by atoms with Gasteiger partial charge in [0.1, 0.15) is 0 Å². The van der Waals surface area contributed by atoms with Gasteiger partial charge in [0, 0.05) is 21.8 Å². The van der Waals surface area contributed by atoms with Crippen molar-refractivity contribution in [2.75, 3.05) is 0 Å². The Kier molecular flexibility index (Phi) is 8.03. The highest BCUT2D eigenvalue weighted by Gasteiger charge is 2.18. The Hall–Kier alpha value is -4.36. The number of H-pyrrole nitrogens is 1. The highest BCUT2D eigenvalue weighted by atomic mass is 14.7. The SMILES string of the molecule is C/C=C/c1ccc(C)c(-c2cc3c(cc2C)[nH]c2ccccc23)c1-c1ccccc1C.CC(C)c1ccccc1. The Morgan fingerprint density at radius 3 is 1.98 bits per heavy atom. The summed E-state index contributed by atoms with van der Waals surface area (Å²) >= 11 is 0. The highest BCUT2D eigenvalue weighted by molar-refractivity contribution is 6.09. The van der Waals surface area contributed by atoms with Crippen molar-refractivity contribution >= 4 is 27.9 Å². The molecule has 1 nitrogen and oxygen atoms in total. The first-order valence-electron chi connectivity index (χ1n) is 14.3. The molecule has 6 rings (SSSR count). The number of aromatic nitrogens is 1. The maximum atomic E-state index is 3.59. The van der Waals surface area contributed by atoms with E-state index in [1.807, 2.05) is 6.07 Å². The average molecular weight is 522 g/mol. The largest absolute Gasteiger partial charge is 0.355 e. The van der Waals surface area contributed by atoms with Crippen LogP contribution in [-0.4, -0.2) is 4.98 Å². The van der Waals surface area contributed by atoms with E-state index in [0.717, 1.165) is 0 Å². The Morgan fingerprint density at radius 2 is 1.27 bits per heavy atom. The van der Waals surface area contributed by atoms with E-state index in [0.29, 0.717) is 5.92 Å². The molecule has 1 heteroatoms. The molecule has 1 heterocycles. The van der Waals surface area contributed by atoms with Gasteiger partial charge in [-0.05, 0) is 102 Å². The van der Waals surface area contributed by atoms with Crippen LogP contribution in [0.1, 0.15) is 54.5 Å². The van der Waals surface area contributed by atoms with Gasteiger partial charge in [0.05, 0.1) is 0 Å². The second kappa shape index (κ2) is 11.8. The van der Waals surface area contributed by atoms with Gasteiger partial charge in [-0.15, -0.1) is 0 Å². The van der Waals surface area contributed by atoms with Crippen LogP contribution in [0.5, 0.6) is 0 Å². The van der Waals surface area contributed by atoms with Gasteiger partial charge < -0.3 is 4.98 Å². The van der Waals surface area contributed by atoms with E-state index in [4.69, 9.17) is 0 Å². The predicted octanol–water partition coefficient (Wildman–Crippen LogP) is 11.4. The predicted molar refractivity (Wildman–Crippen MR) is 176 cm³/mol. The van der Waals surface area contributed by atoms with Gasteiger partial charge in [0.15, 0.2) is 0 Å². The molecule has 0 atom stereocenters. The van der Waals surface area contributed by atoms with E-state index in [9.17, 15) is 0 Å². The minimum absolute atomic E-state index is 0.659. The number of hydrogen-bond donors (Lipinski definition) is 1. The Labute approximate surface area is 239 Å². The van der Waals surface area contributed by atoms with Crippen molar-refractivity contribution in [1.29, 1.82) is 0 Å². The summed E-state index contributed by atoms with van der Waals surface area (Å²) in [7, 11) is 0. The molecule has 0 radical (unpaired) electrons. The molecular formula is C39H39N. The Bertz CT molecular complexity index is 1800. The second-order valence-corrected chi connectivity index (χ2v) is 11.0. The minimum atomic E-state index is 0.659. The first-order chi connectivity index (χ1) is 19.4. The molecule has 0 aliphatic carbocycles. The standard InChI is InChI=1S/C30H27N.C9H12/c1-5-10-22-16-15-20(3)29(30(22)23-12-7-6-11-19(23)2)25-18-26-24-13-8-9-14-27(24)31-28(26)17-21(25)4;1-8(2)9-6-4-3-5-7-9/h5-18,31H,1-4H3;3-8H,1-2H3/b10-5+;. The van der Waals surface area contributed by atoms with Crippen LogP contribution in [0.25, 0.3) is 50.1 Å². The van der Waals surface area contributed by atoms with E-state index in [1.165, 1.54) is 71.9 Å². The lowest BCUT2D eigenvalue weighted by atomic mass is 9.84. The van der Waals surface area contributed by atoms with Crippen molar-refractivity contribution in [3.8, 4) is 22.3 Å². The van der Waals surface area contributed by atoms with Gasteiger partial charge in [0.25, 0.3) is 0 Å². The third-order valence-electron chi connectivity index (χ3n) is 7.79. The fourth-order valence-electron chi connectivity index (χ4n) is 5.65. The summed E-state index contributed by atoms with van der Waals surface area (Å²) < 4.78 is 0. The van der Waals surface area contributed by atoms with Gasteiger partial charge in [-0.25, -0.2) is 0 Å². The number of rotatable bonds is 4. The number of fused-ring (bicyclic) bond motifs is 3. The number of para-hydroxylation sites is 1. The topological polar surface area (TPSA) is 15.8 Å². The number of nitrogens with one attached hydrogen (secondary N) is 1. The smallest absolute Gasteiger partial charge is 0.0467 e. The zero-order chi connectivity index (χ0) is 28.2. The van der Waals surface area contributed by atoms with Gasteiger partial charge in [-0.1, -0.05) is 111 Å². The number of hydrogen-bond acceptors (Lipinski definition) is 0. The fourth-order valence-corrected chi connectivity index (χ4v) is 5.65. The molecule has 0 unspecified atom stereocenters. The molecule has 5 aromatic carbocycles. The Balaban J connectivity index is 0.000000306. The van der Waals surface area contributed by atoms with E-state index >= 15 is 0 Å². The third kappa shape index (κ3) is 5.38. The normalized spacial score (nSPS) is 11.4. The molecule has 1 N–H and O–H groups in total. The summed E-state index contributed by atoms with van der Waals surface area (Å²) in [6.45, 7) is 13.2. The first-order valence-corrected chi connectivity index (χ1v) is 14.3. The molecule has 6 aromatic rings. The molecule has 0 bridgehead atoms. The molecule has 0 saturated heterocycles. The zero-order valence-corrected chi connectivity index (χ0v) is 24.5. The van der Waals surface area contributed by atoms with Crippen LogP contribution in [0.3, 0.4) is 0 Å². The van der Waals surface area contributed by atoms with Gasteiger partial charge >= 0.3 is 0 Å². The maximum absolute atomic E-state index is 3.59. The third-order valence-corrected chi connectivity index (χ3v) is 7.79. The summed E-state index contributed by atoms with van der Waals surface area (Å²) in [6.07, 6.45) is 4.36. The lowest BCUT2D eigenvalue weighted by molar-refractivity contribution is 0.867. The van der Waals surface area contributed by atoms with Crippen LogP contribution in [0.4, 0.5) is 0 Å². The van der Waals surface area contributed by atoms with Crippen molar-refractivity contribution < 1.29 is 0 Å². The lowest BCUT2D eigenvalue weighted by Gasteiger charge is -2.20. The van der Waals surface area contributed by atoms with Crippen molar-refractivity contribution in [2.45, 2.75) is 47.5 Å². The van der Waals surface area contributed by atoms with E-state index in [2.05, 4.69) is 156 Å². The first kappa shape index (κ1) is 27.2. The average Bonchev–Trinajstić information content (AvgIpc) is 3.32. The fraction of sp³-hybridized carbons (Fsp3) is 0.179. The molecule has 0 saturated carbocycles. The molecule has 40 heavy (non-hydrogen) atoms. The summed E-state index contributed by atoms with van der Waals surface area (Å²) in [6, 6.07) is 37.0. The number of aromatic amines is 1. The van der Waals surface area contributed by atoms with Crippen LogP contribution < -0.4 is 0 Å². The molecule has 0 aliphatic rings. The van der Waals surface area contributed by atoms with Crippen molar-refractivity contribution in [3.05, 3.63) is 137 Å². The quantitative estimate of drug-likeness (QED) is 0.237. The van der Waals surface area contributed by atoms with Crippen molar-refractivity contribution in [1.82, 2.24) is 4.98 Å². The maximum Gasteiger partial charge on any atom is 0.0467 e. The van der Waals surface area contributed by atoms with Crippen molar-refractivity contribution in [3.63, 3.8) is 0 Å². The molecular weight excluding hydrogens is 482 g/mol.